The molecule has 0 radical (unpaired) electrons. The van der Waals surface area contributed by atoms with Gasteiger partial charge in [-0.25, -0.2) is 8.42 Å². The molecule has 0 spiro atoms. The minimum Gasteiger partial charge on any atom is -0.308 e. The molecule has 5 heteroatoms. The average Bonchev–Trinajstić information content (AvgIpc) is 2.76. The fourth-order valence-electron chi connectivity index (χ4n) is 3.15. The number of nitrogens with zero attached hydrogens (tertiary/aromatic N) is 1. The molecule has 1 aliphatic heterocycles. The molecule has 19 heavy (non-hydrogen) atoms. The van der Waals surface area contributed by atoms with Gasteiger partial charge in [0.05, 0.1) is 17.2 Å². The van der Waals surface area contributed by atoms with Gasteiger partial charge in [-0.3, -0.25) is 4.98 Å². The van der Waals surface area contributed by atoms with Crippen LogP contribution in [0, 0.1) is 5.92 Å². The standard InChI is InChI=1S/C14H20N2O2S/c17-19(18)8-6-11(10-19)9-16-13-5-1-3-12-4-2-7-15-14(12)13/h2,4,7,11,13,16H,1,3,5-6,8-10H2. The Labute approximate surface area is 114 Å². The quantitative estimate of drug-likeness (QED) is 0.911. The molecule has 1 saturated heterocycles. The highest BCUT2D eigenvalue weighted by Crippen LogP contribution is 2.28. The van der Waals surface area contributed by atoms with E-state index in [2.05, 4.69) is 16.4 Å². The maximum atomic E-state index is 11.5. The van der Waals surface area contributed by atoms with Gasteiger partial charge in [0.15, 0.2) is 9.84 Å². The minimum absolute atomic E-state index is 0.277. The van der Waals surface area contributed by atoms with Gasteiger partial charge in [0.25, 0.3) is 0 Å². The molecular formula is C14H20N2O2S. The van der Waals surface area contributed by atoms with E-state index in [0.29, 0.717) is 17.5 Å². The molecule has 0 amide bonds. The summed E-state index contributed by atoms with van der Waals surface area (Å²) in [5.74, 6) is 0.986. The first-order valence-electron chi connectivity index (χ1n) is 7.02. The van der Waals surface area contributed by atoms with Crippen LogP contribution >= 0.6 is 0 Å². The molecule has 0 saturated carbocycles. The smallest absolute Gasteiger partial charge is 0.150 e. The van der Waals surface area contributed by atoms with E-state index < -0.39 is 9.84 Å². The summed E-state index contributed by atoms with van der Waals surface area (Å²) < 4.78 is 22.9. The van der Waals surface area contributed by atoms with Gasteiger partial charge in [0.2, 0.25) is 0 Å². The third-order valence-electron chi connectivity index (χ3n) is 4.17. The highest BCUT2D eigenvalue weighted by atomic mass is 32.2. The van der Waals surface area contributed by atoms with Gasteiger partial charge >= 0.3 is 0 Å². The van der Waals surface area contributed by atoms with Gasteiger partial charge in [-0.1, -0.05) is 6.07 Å². The zero-order valence-electron chi connectivity index (χ0n) is 11.0. The monoisotopic (exact) mass is 280 g/mol. The van der Waals surface area contributed by atoms with Crippen molar-refractivity contribution >= 4 is 9.84 Å². The molecule has 1 aliphatic carbocycles. The molecular weight excluding hydrogens is 260 g/mol. The molecule has 1 fully saturated rings. The molecule has 1 aromatic rings. The Balaban J connectivity index is 1.63. The minimum atomic E-state index is -2.76. The van der Waals surface area contributed by atoms with Crippen LogP contribution in [0.15, 0.2) is 18.3 Å². The molecule has 2 aliphatic rings. The van der Waals surface area contributed by atoms with Gasteiger partial charge in [-0.05, 0) is 49.8 Å². The molecule has 1 aromatic heterocycles. The van der Waals surface area contributed by atoms with Crippen LogP contribution in [0.25, 0.3) is 0 Å². The van der Waals surface area contributed by atoms with Gasteiger partial charge in [-0.2, -0.15) is 0 Å². The van der Waals surface area contributed by atoms with Crippen LogP contribution in [-0.4, -0.2) is 31.5 Å². The van der Waals surface area contributed by atoms with E-state index >= 15 is 0 Å². The molecule has 2 atom stereocenters. The van der Waals surface area contributed by atoms with E-state index in [1.54, 1.807) is 0 Å². The molecule has 2 unspecified atom stereocenters. The number of aryl methyl sites for hydroxylation is 1. The second-order valence-electron chi connectivity index (χ2n) is 5.67. The summed E-state index contributed by atoms with van der Waals surface area (Å²) in [6, 6.07) is 4.44. The number of hydrogen-bond donors (Lipinski definition) is 1. The lowest BCUT2D eigenvalue weighted by Crippen LogP contribution is -2.31. The van der Waals surface area contributed by atoms with Crippen LogP contribution in [0.3, 0.4) is 0 Å². The molecule has 0 bridgehead atoms. The molecule has 3 rings (SSSR count). The Hall–Kier alpha value is -0.940. The van der Waals surface area contributed by atoms with Gasteiger partial charge < -0.3 is 5.32 Å². The molecule has 104 valence electrons. The van der Waals surface area contributed by atoms with E-state index in [-0.39, 0.29) is 5.92 Å². The Morgan fingerprint density at radius 1 is 1.37 bits per heavy atom. The summed E-state index contributed by atoms with van der Waals surface area (Å²) in [6.45, 7) is 0.792. The van der Waals surface area contributed by atoms with Crippen LogP contribution in [0.4, 0.5) is 0 Å². The molecule has 1 N–H and O–H groups in total. The summed E-state index contributed by atoms with van der Waals surface area (Å²) in [7, 11) is -2.76. The van der Waals surface area contributed by atoms with E-state index in [1.165, 1.54) is 12.0 Å². The lowest BCUT2D eigenvalue weighted by molar-refractivity contribution is 0.409. The topological polar surface area (TPSA) is 59.1 Å². The van der Waals surface area contributed by atoms with Crippen molar-refractivity contribution in [3.63, 3.8) is 0 Å². The SMILES string of the molecule is O=S1(=O)CCC(CNC2CCCc3cccnc32)C1. The second-order valence-corrected chi connectivity index (χ2v) is 7.90. The zero-order valence-corrected chi connectivity index (χ0v) is 11.8. The summed E-state index contributed by atoms with van der Waals surface area (Å²) in [5, 5.41) is 3.53. The van der Waals surface area contributed by atoms with Crippen LogP contribution in [0.5, 0.6) is 0 Å². The maximum absolute atomic E-state index is 11.5. The van der Waals surface area contributed by atoms with Crippen molar-refractivity contribution in [1.29, 1.82) is 0 Å². The first-order chi connectivity index (χ1) is 9.14. The molecule has 0 aromatic carbocycles. The predicted octanol–water partition coefficient (Wildman–Crippen LogP) is 1.48. The zero-order chi connectivity index (χ0) is 13.3. The van der Waals surface area contributed by atoms with Crippen LogP contribution in [0.1, 0.15) is 36.6 Å². The van der Waals surface area contributed by atoms with Gasteiger partial charge in [-0.15, -0.1) is 0 Å². The highest BCUT2D eigenvalue weighted by Gasteiger charge is 2.29. The van der Waals surface area contributed by atoms with Crippen molar-refractivity contribution in [3.8, 4) is 0 Å². The number of hydrogen-bond acceptors (Lipinski definition) is 4. The largest absolute Gasteiger partial charge is 0.308 e. The lowest BCUT2D eigenvalue weighted by atomic mass is 9.91. The van der Waals surface area contributed by atoms with Crippen LogP contribution < -0.4 is 5.32 Å². The molecule has 4 nitrogen and oxygen atoms in total. The Kier molecular flexibility index (Phi) is 3.58. The predicted molar refractivity (Wildman–Crippen MR) is 74.7 cm³/mol. The third-order valence-corrected chi connectivity index (χ3v) is 6.01. The van der Waals surface area contributed by atoms with Gasteiger partial charge in [0.1, 0.15) is 0 Å². The maximum Gasteiger partial charge on any atom is 0.150 e. The summed E-state index contributed by atoms with van der Waals surface area (Å²) >= 11 is 0. The van der Waals surface area contributed by atoms with Gasteiger partial charge in [0, 0.05) is 12.2 Å². The van der Waals surface area contributed by atoms with Crippen molar-refractivity contribution in [3.05, 3.63) is 29.6 Å². The lowest BCUT2D eigenvalue weighted by Gasteiger charge is -2.26. The number of nitrogens with one attached hydrogen (secondary N) is 1. The number of pyridine rings is 1. The van der Waals surface area contributed by atoms with Crippen molar-refractivity contribution in [2.24, 2.45) is 5.92 Å². The fraction of sp³-hybridized carbons (Fsp3) is 0.643. The van der Waals surface area contributed by atoms with E-state index in [4.69, 9.17) is 0 Å². The fourth-order valence-corrected chi connectivity index (χ4v) is 5.01. The number of aromatic nitrogens is 1. The normalized spacial score (nSPS) is 29.1. The van der Waals surface area contributed by atoms with Crippen LogP contribution in [-0.2, 0) is 16.3 Å². The van der Waals surface area contributed by atoms with Crippen molar-refractivity contribution in [2.45, 2.75) is 31.7 Å². The van der Waals surface area contributed by atoms with E-state index in [0.717, 1.165) is 31.5 Å². The third kappa shape index (κ3) is 2.98. The summed E-state index contributed by atoms with van der Waals surface area (Å²) in [4.78, 5) is 4.49. The summed E-state index contributed by atoms with van der Waals surface area (Å²) in [5.41, 5.74) is 2.50. The molecule has 2 heterocycles. The Morgan fingerprint density at radius 2 is 2.26 bits per heavy atom. The number of sulfone groups is 1. The number of fused-ring (bicyclic) bond motifs is 1. The van der Waals surface area contributed by atoms with E-state index in [9.17, 15) is 8.42 Å². The Bertz CT molecular complexity index is 556. The summed E-state index contributed by atoms with van der Waals surface area (Å²) in [6.07, 6.45) is 6.04. The number of rotatable bonds is 3. The van der Waals surface area contributed by atoms with Crippen molar-refractivity contribution in [2.75, 3.05) is 18.1 Å². The first-order valence-corrected chi connectivity index (χ1v) is 8.84. The average molecular weight is 280 g/mol. The Morgan fingerprint density at radius 3 is 3.05 bits per heavy atom. The van der Waals surface area contributed by atoms with Crippen molar-refractivity contribution < 1.29 is 8.42 Å². The first kappa shape index (κ1) is 13.1. The second kappa shape index (κ2) is 5.21. The highest BCUT2D eigenvalue weighted by molar-refractivity contribution is 7.91. The van der Waals surface area contributed by atoms with E-state index in [1.807, 2.05) is 12.3 Å². The van der Waals surface area contributed by atoms with Crippen molar-refractivity contribution in [1.82, 2.24) is 10.3 Å². The van der Waals surface area contributed by atoms with Crippen LogP contribution in [0.2, 0.25) is 0 Å².